The minimum Gasteiger partial charge on any atom is -0.454 e. The summed E-state index contributed by atoms with van der Waals surface area (Å²) in [6.07, 6.45) is 6.32. The number of pyridine rings is 1. The average Bonchev–Trinajstić information content (AvgIpc) is 2.99. The summed E-state index contributed by atoms with van der Waals surface area (Å²) >= 11 is 0. The maximum Gasteiger partial charge on any atom is 0.314 e. The Morgan fingerprint density at radius 1 is 1.20 bits per heavy atom. The molecule has 30 heavy (non-hydrogen) atoms. The van der Waals surface area contributed by atoms with Crippen LogP contribution >= 0.6 is 0 Å². The number of carbonyl (C=O) groups is 1. The van der Waals surface area contributed by atoms with Crippen molar-refractivity contribution in [2.45, 2.75) is 57.7 Å². The first-order valence-corrected chi connectivity index (χ1v) is 11.4. The number of anilines is 1. The van der Waals surface area contributed by atoms with Crippen LogP contribution in [0.2, 0.25) is 0 Å². The molecule has 6 heteroatoms. The smallest absolute Gasteiger partial charge is 0.314 e. The molecule has 2 aliphatic heterocycles. The Morgan fingerprint density at radius 2 is 2.00 bits per heavy atom. The lowest BCUT2D eigenvalue weighted by molar-refractivity contribution is -0.144. The molecule has 1 saturated carbocycles. The van der Waals surface area contributed by atoms with E-state index in [1.807, 2.05) is 24.4 Å². The van der Waals surface area contributed by atoms with E-state index in [9.17, 15) is 9.90 Å². The highest BCUT2D eigenvalue weighted by atomic mass is 16.6. The molecule has 2 saturated heterocycles. The second kappa shape index (κ2) is 7.34. The van der Waals surface area contributed by atoms with Crippen molar-refractivity contribution in [3.8, 4) is 0 Å². The van der Waals surface area contributed by atoms with Crippen molar-refractivity contribution < 1.29 is 14.6 Å². The summed E-state index contributed by atoms with van der Waals surface area (Å²) in [5, 5.41) is 11.7. The molecule has 0 spiro atoms. The highest BCUT2D eigenvalue weighted by molar-refractivity contribution is 5.78. The van der Waals surface area contributed by atoms with Gasteiger partial charge in [-0.05, 0) is 62.1 Å². The SMILES string of the molecule is CC1=C2[C@@H]3OC(=O)C(CN4CCN(c5ccccn5)CC4)C3(O)CC[C@@]2(C)CCC1. The van der Waals surface area contributed by atoms with E-state index in [4.69, 9.17) is 4.74 Å². The van der Waals surface area contributed by atoms with Crippen molar-refractivity contribution >= 4 is 11.8 Å². The van der Waals surface area contributed by atoms with Crippen LogP contribution < -0.4 is 4.90 Å². The van der Waals surface area contributed by atoms with Crippen molar-refractivity contribution in [3.05, 3.63) is 35.5 Å². The van der Waals surface area contributed by atoms with Crippen LogP contribution in [0.4, 0.5) is 5.82 Å². The van der Waals surface area contributed by atoms with Crippen molar-refractivity contribution in [3.63, 3.8) is 0 Å². The summed E-state index contributed by atoms with van der Waals surface area (Å²) in [7, 11) is 0. The third kappa shape index (κ3) is 3.16. The molecule has 0 radical (unpaired) electrons. The number of aliphatic hydroxyl groups is 1. The third-order valence-electron chi connectivity index (χ3n) is 8.09. The lowest BCUT2D eigenvalue weighted by Crippen LogP contribution is -2.56. The topological polar surface area (TPSA) is 65.9 Å². The average molecular weight is 412 g/mol. The Labute approximate surface area is 178 Å². The molecule has 162 valence electrons. The molecule has 1 aromatic rings. The summed E-state index contributed by atoms with van der Waals surface area (Å²) in [4.78, 5) is 22.0. The van der Waals surface area contributed by atoms with E-state index < -0.39 is 17.6 Å². The summed E-state index contributed by atoms with van der Waals surface area (Å²) < 4.78 is 5.92. The van der Waals surface area contributed by atoms with E-state index in [2.05, 4.69) is 28.6 Å². The van der Waals surface area contributed by atoms with Crippen LogP contribution in [0.25, 0.3) is 0 Å². The number of rotatable bonds is 3. The molecule has 3 fully saturated rings. The Morgan fingerprint density at radius 3 is 2.73 bits per heavy atom. The predicted octanol–water partition coefficient (Wildman–Crippen LogP) is 2.78. The van der Waals surface area contributed by atoms with Gasteiger partial charge in [0.2, 0.25) is 0 Å². The van der Waals surface area contributed by atoms with Crippen LogP contribution in [0.3, 0.4) is 0 Å². The number of aromatic nitrogens is 1. The van der Waals surface area contributed by atoms with Gasteiger partial charge in [0.15, 0.2) is 6.10 Å². The second-order valence-corrected chi connectivity index (χ2v) is 9.94. The molecule has 4 aliphatic rings. The zero-order chi connectivity index (χ0) is 20.9. The van der Waals surface area contributed by atoms with Crippen molar-refractivity contribution in [2.24, 2.45) is 11.3 Å². The fourth-order valence-electron chi connectivity index (χ4n) is 6.30. The summed E-state index contributed by atoms with van der Waals surface area (Å²) in [5.41, 5.74) is 1.55. The number of carbonyl (C=O) groups excluding carboxylic acids is 1. The molecular weight excluding hydrogens is 378 g/mol. The highest BCUT2D eigenvalue weighted by Gasteiger charge is 2.63. The fourth-order valence-corrected chi connectivity index (χ4v) is 6.30. The lowest BCUT2D eigenvalue weighted by Gasteiger charge is -2.49. The molecule has 1 N–H and O–H groups in total. The fraction of sp³-hybridized carbons (Fsp3) is 0.667. The standard InChI is InChI=1S/C24H33N3O3/c1-17-6-5-8-23(2)9-10-24(29)18(22(28)30-21(24)20(17)23)16-26-12-14-27(15-13-26)19-7-3-4-11-25-19/h3-4,7,11,18,21,29H,5-6,8-10,12-16H2,1-2H3/t18?,21-,23+,24?/m0/s1. The maximum atomic E-state index is 12.9. The Balaban J connectivity index is 1.30. The largest absolute Gasteiger partial charge is 0.454 e. The van der Waals surface area contributed by atoms with Gasteiger partial charge in [-0.25, -0.2) is 4.98 Å². The molecule has 2 aliphatic carbocycles. The Kier molecular flexibility index (Phi) is 4.90. The van der Waals surface area contributed by atoms with Gasteiger partial charge in [-0.3, -0.25) is 9.69 Å². The van der Waals surface area contributed by atoms with Gasteiger partial charge >= 0.3 is 5.97 Å². The third-order valence-corrected chi connectivity index (χ3v) is 8.09. The number of esters is 1. The predicted molar refractivity (Wildman–Crippen MR) is 115 cm³/mol. The monoisotopic (exact) mass is 411 g/mol. The molecular formula is C24H33N3O3. The highest BCUT2D eigenvalue weighted by Crippen LogP contribution is 2.57. The van der Waals surface area contributed by atoms with Crippen LogP contribution in [0.15, 0.2) is 35.5 Å². The number of nitrogens with zero attached hydrogens (tertiary/aromatic N) is 3. The molecule has 0 aromatic carbocycles. The minimum absolute atomic E-state index is 0.0721. The van der Waals surface area contributed by atoms with E-state index >= 15 is 0 Å². The van der Waals surface area contributed by atoms with Crippen molar-refractivity contribution in [1.29, 1.82) is 0 Å². The van der Waals surface area contributed by atoms with Gasteiger partial charge in [0, 0.05) is 38.9 Å². The van der Waals surface area contributed by atoms with Crippen LogP contribution in [-0.2, 0) is 9.53 Å². The first kappa shape index (κ1) is 20.0. The molecule has 2 unspecified atom stereocenters. The summed E-state index contributed by atoms with van der Waals surface area (Å²) in [5.74, 6) is 0.322. The van der Waals surface area contributed by atoms with Gasteiger partial charge in [0.1, 0.15) is 17.3 Å². The Hall–Kier alpha value is -1.92. The number of allylic oxidation sites excluding steroid dienone is 1. The summed E-state index contributed by atoms with van der Waals surface area (Å²) in [6, 6.07) is 5.98. The van der Waals surface area contributed by atoms with Gasteiger partial charge in [0.05, 0.1) is 0 Å². The van der Waals surface area contributed by atoms with E-state index in [-0.39, 0.29) is 11.4 Å². The number of fused-ring (bicyclic) bond motifs is 3. The van der Waals surface area contributed by atoms with Crippen LogP contribution in [0.5, 0.6) is 0 Å². The lowest BCUT2D eigenvalue weighted by atomic mass is 9.58. The van der Waals surface area contributed by atoms with Crippen LogP contribution in [0, 0.1) is 11.3 Å². The van der Waals surface area contributed by atoms with Gasteiger partial charge in [-0.2, -0.15) is 0 Å². The molecule has 1 aromatic heterocycles. The van der Waals surface area contributed by atoms with Gasteiger partial charge < -0.3 is 14.7 Å². The number of hydrogen-bond donors (Lipinski definition) is 1. The number of hydrogen-bond acceptors (Lipinski definition) is 6. The normalized spacial score (nSPS) is 37.0. The van der Waals surface area contributed by atoms with Crippen molar-refractivity contribution in [1.82, 2.24) is 9.88 Å². The van der Waals surface area contributed by atoms with E-state index in [0.717, 1.165) is 51.3 Å². The van der Waals surface area contributed by atoms with Gasteiger partial charge in [0.25, 0.3) is 0 Å². The zero-order valence-electron chi connectivity index (χ0n) is 18.1. The first-order chi connectivity index (χ1) is 14.4. The second-order valence-electron chi connectivity index (χ2n) is 9.94. The van der Waals surface area contributed by atoms with Gasteiger partial charge in [-0.1, -0.05) is 18.6 Å². The zero-order valence-corrected chi connectivity index (χ0v) is 18.1. The molecule has 3 heterocycles. The van der Waals surface area contributed by atoms with E-state index in [0.29, 0.717) is 13.0 Å². The molecule has 5 rings (SSSR count). The van der Waals surface area contributed by atoms with Crippen LogP contribution in [-0.4, -0.2) is 65.4 Å². The number of piperazine rings is 1. The first-order valence-electron chi connectivity index (χ1n) is 11.4. The molecule has 0 bridgehead atoms. The number of ether oxygens (including phenoxy) is 1. The quantitative estimate of drug-likeness (QED) is 0.610. The maximum absolute atomic E-state index is 12.9. The van der Waals surface area contributed by atoms with Crippen LogP contribution in [0.1, 0.15) is 46.0 Å². The molecule has 0 amide bonds. The Bertz CT molecular complexity index is 849. The minimum atomic E-state index is -1.07. The van der Waals surface area contributed by atoms with Crippen molar-refractivity contribution in [2.75, 3.05) is 37.6 Å². The van der Waals surface area contributed by atoms with E-state index in [1.54, 1.807) is 0 Å². The van der Waals surface area contributed by atoms with Gasteiger partial charge in [-0.15, -0.1) is 0 Å². The summed E-state index contributed by atoms with van der Waals surface area (Å²) in [6.45, 7) is 8.51. The van der Waals surface area contributed by atoms with E-state index in [1.165, 1.54) is 17.6 Å². The molecule has 6 nitrogen and oxygen atoms in total. The molecule has 4 atom stereocenters.